The summed E-state index contributed by atoms with van der Waals surface area (Å²) in [6, 6.07) is 6.36. The van der Waals surface area contributed by atoms with Gasteiger partial charge in [0.25, 0.3) is 0 Å². The van der Waals surface area contributed by atoms with E-state index in [1.54, 1.807) is 24.3 Å². The fourth-order valence-electron chi connectivity index (χ4n) is 1.11. The van der Waals surface area contributed by atoms with Gasteiger partial charge in [0, 0.05) is 5.69 Å². The van der Waals surface area contributed by atoms with Gasteiger partial charge in [-0.05, 0) is 24.3 Å². The van der Waals surface area contributed by atoms with Crippen molar-refractivity contribution < 1.29 is 14.3 Å². The third-order valence-electron chi connectivity index (χ3n) is 1.85. The van der Waals surface area contributed by atoms with E-state index in [2.05, 4.69) is 16.0 Å². The molecule has 0 atom stereocenters. The monoisotopic (exact) mass is 217 g/mol. The van der Waals surface area contributed by atoms with Gasteiger partial charge < -0.3 is 10.1 Å². The molecule has 0 unspecified atom stereocenters. The van der Waals surface area contributed by atoms with Crippen molar-refractivity contribution in [3.63, 3.8) is 0 Å². The van der Waals surface area contributed by atoms with Gasteiger partial charge in [0.05, 0.1) is 19.1 Å². The second-order valence-corrected chi connectivity index (χ2v) is 3.00. The summed E-state index contributed by atoms with van der Waals surface area (Å²) in [5.41, 5.74) is 1.02. The van der Waals surface area contributed by atoms with Crippen molar-refractivity contribution in [2.75, 3.05) is 12.4 Å². The molecule has 1 N–H and O–H groups in total. The molecule has 4 heteroatoms. The first kappa shape index (κ1) is 11.8. The van der Waals surface area contributed by atoms with Crippen molar-refractivity contribution in [3.05, 3.63) is 29.8 Å². The Morgan fingerprint density at radius 3 is 2.50 bits per heavy atom. The fourth-order valence-corrected chi connectivity index (χ4v) is 1.11. The lowest BCUT2D eigenvalue weighted by atomic mass is 10.2. The minimum Gasteiger partial charge on any atom is -0.465 e. The molecule has 1 aromatic rings. The molecule has 1 rings (SSSR count). The average Bonchev–Trinajstić information content (AvgIpc) is 2.29. The second kappa shape index (κ2) is 5.56. The molecule has 0 bridgehead atoms. The molecule has 0 saturated heterocycles. The molecule has 0 aliphatic carbocycles. The van der Waals surface area contributed by atoms with Gasteiger partial charge in [0.1, 0.15) is 0 Å². The molecule has 0 aliphatic rings. The third kappa shape index (κ3) is 3.14. The number of ether oxygens (including phenoxy) is 1. The number of terminal acetylenes is 1. The smallest absolute Gasteiger partial charge is 0.337 e. The zero-order valence-electron chi connectivity index (χ0n) is 8.82. The summed E-state index contributed by atoms with van der Waals surface area (Å²) in [6.45, 7) is 0. The molecule has 1 aromatic carbocycles. The van der Waals surface area contributed by atoms with Crippen molar-refractivity contribution in [2.24, 2.45) is 0 Å². The fraction of sp³-hybridized carbons (Fsp3) is 0.167. The number of benzene rings is 1. The zero-order chi connectivity index (χ0) is 12.0. The van der Waals surface area contributed by atoms with Crippen LogP contribution in [0.1, 0.15) is 16.8 Å². The number of anilines is 1. The highest BCUT2D eigenvalue weighted by Crippen LogP contribution is 2.10. The summed E-state index contributed by atoms with van der Waals surface area (Å²) in [5.74, 6) is 1.57. The summed E-state index contributed by atoms with van der Waals surface area (Å²) >= 11 is 0. The van der Waals surface area contributed by atoms with Crippen molar-refractivity contribution in [2.45, 2.75) is 6.42 Å². The van der Waals surface area contributed by atoms with E-state index in [0.717, 1.165) is 0 Å². The Morgan fingerprint density at radius 1 is 1.38 bits per heavy atom. The van der Waals surface area contributed by atoms with Crippen LogP contribution in [0.5, 0.6) is 0 Å². The van der Waals surface area contributed by atoms with E-state index in [0.29, 0.717) is 11.3 Å². The first-order valence-corrected chi connectivity index (χ1v) is 4.59. The summed E-state index contributed by atoms with van der Waals surface area (Å²) < 4.78 is 4.54. The number of carbonyl (C=O) groups is 2. The van der Waals surface area contributed by atoms with E-state index < -0.39 is 5.97 Å². The van der Waals surface area contributed by atoms with Crippen LogP contribution in [0, 0.1) is 12.3 Å². The lowest BCUT2D eigenvalue weighted by molar-refractivity contribution is -0.115. The Kier molecular flexibility index (Phi) is 4.10. The molecular formula is C12H11NO3. The third-order valence-corrected chi connectivity index (χ3v) is 1.85. The van der Waals surface area contributed by atoms with Gasteiger partial charge in [-0.25, -0.2) is 4.79 Å². The number of esters is 1. The largest absolute Gasteiger partial charge is 0.465 e. The Balaban J connectivity index is 2.69. The van der Waals surface area contributed by atoms with E-state index >= 15 is 0 Å². The molecular weight excluding hydrogens is 206 g/mol. The number of rotatable bonds is 3. The molecule has 0 aliphatic heterocycles. The van der Waals surface area contributed by atoms with Crippen LogP contribution in [-0.2, 0) is 9.53 Å². The van der Waals surface area contributed by atoms with Crippen LogP contribution < -0.4 is 5.32 Å². The topological polar surface area (TPSA) is 55.4 Å². The van der Waals surface area contributed by atoms with Crippen LogP contribution in [0.2, 0.25) is 0 Å². The summed E-state index contributed by atoms with van der Waals surface area (Å²) in [4.78, 5) is 22.3. The van der Waals surface area contributed by atoms with Gasteiger partial charge in [0.15, 0.2) is 0 Å². The van der Waals surface area contributed by atoms with Crippen LogP contribution in [0.3, 0.4) is 0 Å². The Labute approximate surface area is 93.6 Å². The van der Waals surface area contributed by atoms with E-state index in [-0.39, 0.29) is 12.3 Å². The van der Waals surface area contributed by atoms with Crippen LogP contribution in [0.4, 0.5) is 5.69 Å². The van der Waals surface area contributed by atoms with Crippen LogP contribution in [-0.4, -0.2) is 19.0 Å². The Morgan fingerprint density at radius 2 is 2.00 bits per heavy atom. The SMILES string of the molecule is C#CCC(=O)Nc1ccc(C(=O)OC)cc1. The van der Waals surface area contributed by atoms with Gasteiger partial charge in [-0.2, -0.15) is 0 Å². The molecule has 0 aromatic heterocycles. The predicted molar refractivity (Wildman–Crippen MR) is 59.9 cm³/mol. The summed E-state index contributed by atoms with van der Waals surface area (Å²) in [6.07, 6.45) is 5.02. The second-order valence-electron chi connectivity index (χ2n) is 3.00. The summed E-state index contributed by atoms with van der Waals surface area (Å²) in [7, 11) is 1.31. The Bertz CT molecular complexity index is 429. The average molecular weight is 217 g/mol. The highest BCUT2D eigenvalue weighted by molar-refractivity contribution is 5.93. The number of methoxy groups -OCH3 is 1. The standard InChI is InChI=1S/C12H11NO3/c1-3-4-11(14)13-10-7-5-9(6-8-10)12(15)16-2/h1,5-8H,4H2,2H3,(H,13,14). The van der Waals surface area contributed by atoms with Crippen molar-refractivity contribution in [1.82, 2.24) is 0 Å². The van der Waals surface area contributed by atoms with Gasteiger partial charge >= 0.3 is 5.97 Å². The van der Waals surface area contributed by atoms with Gasteiger partial charge in [-0.3, -0.25) is 4.79 Å². The number of carbonyl (C=O) groups excluding carboxylic acids is 2. The lowest BCUT2D eigenvalue weighted by Gasteiger charge is -2.03. The maximum absolute atomic E-state index is 11.1. The molecule has 0 spiro atoms. The molecule has 0 fully saturated rings. The highest BCUT2D eigenvalue weighted by Gasteiger charge is 2.05. The van der Waals surface area contributed by atoms with Crippen LogP contribution in [0.25, 0.3) is 0 Å². The number of hydrogen-bond acceptors (Lipinski definition) is 3. The van der Waals surface area contributed by atoms with E-state index in [1.165, 1.54) is 7.11 Å². The van der Waals surface area contributed by atoms with Crippen LogP contribution >= 0.6 is 0 Å². The minimum atomic E-state index is -0.415. The van der Waals surface area contributed by atoms with E-state index in [9.17, 15) is 9.59 Å². The normalized spacial score (nSPS) is 9.00. The molecule has 82 valence electrons. The van der Waals surface area contributed by atoms with Crippen LogP contribution in [0.15, 0.2) is 24.3 Å². The summed E-state index contributed by atoms with van der Waals surface area (Å²) in [5, 5.41) is 2.59. The maximum atomic E-state index is 11.1. The van der Waals surface area contributed by atoms with Gasteiger partial charge in [-0.15, -0.1) is 6.42 Å². The lowest BCUT2D eigenvalue weighted by Crippen LogP contribution is -2.10. The van der Waals surface area contributed by atoms with E-state index in [1.807, 2.05) is 0 Å². The molecule has 4 nitrogen and oxygen atoms in total. The maximum Gasteiger partial charge on any atom is 0.337 e. The highest BCUT2D eigenvalue weighted by atomic mass is 16.5. The number of amides is 1. The molecule has 0 heterocycles. The molecule has 0 radical (unpaired) electrons. The quantitative estimate of drug-likeness (QED) is 0.615. The van der Waals surface area contributed by atoms with E-state index in [4.69, 9.17) is 6.42 Å². The van der Waals surface area contributed by atoms with Gasteiger partial charge in [0.2, 0.25) is 5.91 Å². The zero-order valence-corrected chi connectivity index (χ0v) is 8.82. The van der Waals surface area contributed by atoms with Crippen molar-refractivity contribution in [3.8, 4) is 12.3 Å². The molecule has 16 heavy (non-hydrogen) atoms. The Hall–Kier alpha value is -2.28. The minimum absolute atomic E-state index is 0.0265. The number of nitrogens with one attached hydrogen (secondary N) is 1. The van der Waals surface area contributed by atoms with Crippen molar-refractivity contribution >= 4 is 17.6 Å². The first-order chi connectivity index (χ1) is 7.67. The molecule has 1 amide bonds. The predicted octanol–water partition coefficient (Wildman–Crippen LogP) is 1.43. The first-order valence-electron chi connectivity index (χ1n) is 4.59. The number of hydrogen-bond donors (Lipinski definition) is 1. The molecule has 0 saturated carbocycles. The van der Waals surface area contributed by atoms with Crippen molar-refractivity contribution in [1.29, 1.82) is 0 Å². The van der Waals surface area contributed by atoms with Gasteiger partial charge in [-0.1, -0.05) is 5.92 Å².